The number of amides is 2. The monoisotopic (exact) mass is 311 g/mol. The van der Waals surface area contributed by atoms with Crippen molar-refractivity contribution in [3.05, 3.63) is 0 Å². The molecule has 0 unspecified atom stereocenters. The number of hydrogen-bond acceptors (Lipinski definition) is 4. The lowest BCUT2D eigenvalue weighted by Crippen LogP contribution is -2.44. The Balaban J connectivity index is 2.29. The Hall–Kier alpha value is -1.51. The van der Waals surface area contributed by atoms with E-state index in [1.165, 1.54) is 0 Å². The highest BCUT2D eigenvalue weighted by molar-refractivity contribution is 5.82. The number of alkyl halides is 3. The van der Waals surface area contributed by atoms with Gasteiger partial charge in [0.05, 0.1) is 0 Å². The third-order valence-electron chi connectivity index (χ3n) is 2.71. The molecule has 0 saturated carbocycles. The van der Waals surface area contributed by atoms with E-state index in [2.05, 4.69) is 10.6 Å². The summed E-state index contributed by atoms with van der Waals surface area (Å²) in [7, 11) is 0. The van der Waals surface area contributed by atoms with Crippen molar-refractivity contribution in [3.63, 3.8) is 0 Å². The van der Waals surface area contributed by atoms with Gasteiger partial charge in [-0.25, -0.2) is 4.79 Å². The van der Waals surface area contributed by atoms with E-state index in [4.69, 9.17) is 4.74 Å². The average Bonchev–Trinajstić information content (AvgIpc) is 2.70. The summed E-state index contributed by atoms with van der Waals surface area (Å²) in [5.74, 6) is -1.95. The first kappa shape index (κ1) is 17.5. The number of nitrogens with one attached hydrogen (secondary N) is 3. The van der Waals surface area contributed by atoms with Crippen LogP contribution in [0.4, 0.5) is 18.0 Å². The van der Waals surface area contributed by atoms with Crippen LogP contribution in [0.15, 0.2) is 0 Å². The zero-order chi connectivity index (χ0) is 16.3. The standard InChI is InChI=1S/C12H20F3N3O3/c1-11(2,3)21-10(20)17-5-7-4-8(6-16-7)18-9(19)12(13,14)15/h7-8,16H,4-6H2,1-3H3,(H,17,20)(H,18,19)/t7-,8-/m0/s1. The number of carbonyl (C=O) groups is 2. The highest BCUT2D eigenvalue weighted by Gasteiger charge is 2.40. The summed E-state index contributed by atoms with van der Waals surface area (Å²) < 4.78 is 41.4. The van der Waals surface area contributed by atoms with Crippen LogP contribution in [-0.2, 0) is 9.53 Å². The predicted octanol–water partition coefficient (Wildman–Crippen LogP) is 0.920. The molecular weight excluding hydrogens is 291 g/mol. The molecule has 21 heavy (non-hydrogen) atoms. The minimum Gasteiger partial charge on any atom is -0.444 e. The Bertz CT molecular complexity index is 393. The lowest BCUT2D eigenvalue weighted by Gasteiger charge is -2.20. The smallest absolute Gasteiger partial charge is 0.444 e. The van der Waals surface area contributed by atoms with Crippen LogP contribution in [0.3, 0.4) is 0 Å². The largest absolute Gasteiger partial charge is 0.471 e. The molecule has 1 aliphatic heterocycles. The van der Waals surface area contributed by atoms with Crippen LogP contribution in [0.25, 0.3) is 0 Å². The van der Waals surface area contributed by atoms with Gasteiger partial charge in [0.1, 0.15) is 5.60 Å². The molecule has 122 valence electrons. The molecule has 0 bridgehead atoms. The van der Waals surface area contributed by atoms with E-state index >= 15 is 0 Å². The van der Waals surface area contributed by atoms with Gasteiger partial charge >= 0.3 is 18.2 Å². The molecule has 9 heteroatoms. The van der Waals surface area contributed by atoms with Crippen LogP contribution in [0, 0.1) is 0 Å². The van der Waals surface area contributed by atoms with Crippen molar-refractivity contribution < 1.29 is 27.5 Å². The summed E-state index contributed by atoms with van der Waals surface area (Å²) in [6.45, 7) is 5.62. The maximum atomic E-state index is 12.1. The van der Waals surface area contributed by atoms with Gasteiger partial charge in [-0.2, -0.15) is 13.2 Å². The third kappa shape index (κ3) is 6.65. The highest BCUT2D eigenvalue weighted by atomic mass is 19.4. The first-order chi connectivity index (χ1) is 9.47. The molecule has 6 nitrogen and oxygen atoms in total. The van der Waals surface area contributed by atoms with E-state index in [9.17, 15) is 22.8 Å². The lowest BCUT2D eigenvalue weighted by molar-refractivity contribution is -0.174. The molecule has 0 spiro atoms. The summed E-state index contributed by atoms with van der Waals surface area (Å²) in [5.41, 5.74) is -0.615. The molecular formula is C12H20F3N3O3. The minimum atomic E-state index is -4.88. The summed E-state index contributed by atoms with van der Waals surface area (Å²) in [6, 6.07) is -0.819. The highest BCUT2D eigenvalue weighted by Crippen LogP contribution is 2.16. The molecule has 0 aromatic heterocycles. The topological polar surface area (TPSA) is 79.5 Å². The van der Waals surface area contributed by atoms with Gasteiger partial charge in [0.25, 0.3) is 0 Å². The Labute approximate surface area is 120 Å². The van der Waals surface area contributed by atoms with Crippen molar-refractivity contribution in [2.24, 2.45) is 0 Å². The van der Waals surface area contributed by atoms with Gasteiger partial charge in [-0.15, -0.1) is 0 Å². The lowest BCUT2D eigenvalue weighted by atomic mass is 10.1. The second-order valence-electron chi connectivity index (χ2n) is 5.89. The molecule has 2 atom stereocenters. The zero-order valence-electron chi connectivity index (χ0n) is 12.1. The summed E-state index contributed by atoms with van der Waals surface area (Å²) in [5, 5.41) is 7.36. The van der Waals surface area contributed by atoms with E-state index in [0.29, 0.717) is 6.42 Å². The van der Waals surface area contributed by atoms with Crippen LogP contribution >= 0.6 is 0 Å². The van der Waals surface area contributed by atoms with Gasteiger partial charge < -0.3 is 20.7 Å². The maximum Gasteiger partial charge on any atom is 0.471 e. The quantitative estimate of drug-likeness (QED) is 0.724. The second-order valence-corrected chi connectivity index (χ2v) is 5.89. The molecule has 1 rings (SSSR count). The molecule has 1 fully saturated rings. The summed E-state index contributed by atoms with van der Waals surface area (Å²) in [6.07, 6.45) is -5.17. The van der Waals surface area contributed by atoms with Crippen LogP contribution in [0.1, 0.15) is 27.2 Å². The van der Waals surface area contributed by atoms with Crippen molar-refractivity contribution >= 4 is 12.0 Å². The number of hydrogen-bond donors (Lipinski definition) is 3. The van der Waals surface area contributed by atoms with E-state index in [0.717, 1.165) is 0 Å². The van der Waals surface area contributed by atoms with Crippen molar-refractivity contribution in [3.8, 4) is 0 Å². The first-order valence-corrected chi connectivity index (χ1v) is 6.55. The molecule has 0 radical (unpaired) electrons. The Kier molecular flexibility index (Phi) is 5.43. The average molecular weight is 311 g/mol. The van der Waals surface area contributed by atoms with Gasteiger partial charge in [0.15, 0.2) is 0 Å². The van der Waals surface area contributed by atoms with E-state index in [1.807, 2.05) is 5.32 Å². The van der Waals surface area contributed by atoms with Gasteiger partial charge in [0, 0.05) is 25.2 Å². The molecule has 1 aliphatic rings. The molecule has 0 aromatic carbocycles. The molecule has 1 heterocycles. The van der Waals surface area contributed by atoms with Crippen molar-refractivity contribution in [1.82, 2.24) is 16.0 Å². The van der Waals surface area contributed by atoms with Crippen LogP contribution in [-0.4, -0.2) is 49.0 Å². The zero-order valence-corrected chi connectivity index (χ0v) is 12.1. The molecule has 2 amide bonds. The summed E-state index contributed by atoms with van der Waals surface area (Å²) >= 11 is 0. The maximum absolute atomic E-state index is 12.1. The van der Waals surface area contributed by atoms with Gasteiger partial charge in [-0.05, 0) is 27.2 Å². The van der Waals surface area contributed by atoms with Crippen LogP contribution < -0.4 is 16.0 Å². The second kappa shape index (κ2) is 6.50. The van der Waals surface area contributed by atoms with Gasteiger partial charge in [0.2, 0.25) is 0 Å². The van der Waals surface area contributed by atoms with Crippen LogP contribution in [0.2, 0.25) is 0 Å². The Morgan fingerprint density at radius 1 is 1.29 bits per heavy atom. The van der Waals surface area contributed by atoms with E-state index in [1.54, 1.807) is 20.8 Å². The predicted molar refractivity (Wildman–Crippen MR) is 68.6 cm³/mol. The van der Waals surface area contributed by atoms with Crippen molar-refractivity contribution in [2.45, 2.75) is 51.1 Å². The molecule has 0 aliphatic carbocycles. The van der Waals surface area contributed by atoms with Crippen molar-refractivity contribution in [2.75, 3.05) is 13.1 Å². The number of carbonyl (C=O) groups excluding carboxylic acids is 2. The van der Waals surface area contributed by atoms with Crippen molar-refractivity contribution in [1.29, 1.82) is 0 Å². The van der Waals surface area contributed by atoms with Crippen LogP contribution in [0.5, 0.6) is 0 Å². The fourth-order valence-corrected chi connectivity index (χ4v) is 1.87. The SMILES string of the molecule is CC(C)(C)OC(=O)NC[C@@H]1C[C@H](NC(=O)C(F)(F)F)CN1. The number of rotatable bonds is 3. The third-order valence-corrected chi connectivity index (χ3v) is 2.71. The summed E-state index contributed by atoms with van der Waals surface area (Å²) in [4.78, 5) is 22.2. The Morgan fingerprint density at radius 3 is 2.43 bits per heavy atom. The van der Waals surface area contributed by atoms with E-state index in [-0.39, 0.29) is 19.1 Å². The number of halogens is 3. The van der Waals surface area contributed by atoms with Gasteiger partial charge in [-0.3, -0.25) is 4.79 Å². The van der Waals surface area contributed by atoms with Gasteiger partial charge in [-0.1, -0.05) is 0 Å². The minimum absolute atomic E-state index is 0.212. The molecule has 1 saturated heterocycles. The Morgan fingerprint density at radius 2 is 1.90 bits per heavy atom. The number of ether oxygens (including phenoxy) is 1. The number of alkyl carbamates (subject to hydrolysis) is 1. The fourth-order valence-electron chi connectivity index (χ4n) is 1.87. The first-order valence-electron chi connectivity index (χ1n) is 6.55. The molecule has 3 N–H and O–H groups in total. The molecule has 0 aromatic rings. The fraction of sp³-hybridized carbons (Fsp3) is 0.833. The normalized spacial score (nSPS) is 22.8. The van der Waals surface area contributed by atoms with E-state index < -0.39 is 29.8 Å².